The third-order valence-corrected chi connectivity index (χ3v) is 4.14. The van der Waals surface area contributed by atoms with E-state index in [1.54, 1.807) is 13.1 Å². The van der Waals surface area contributed by atoms with Gasteiger partial charge >= 0.3 is 0 Å². The number of rotatable bonds is 4. The van der Waals surface area contributed by atoms with Gasteiger partial charge in [-0.25, -0.2) is 4.98 Å². The minimum Gasteiger partial charge on any atom is -0.354 e. The molecular weight excluding hydrogens is 306 g/mol. The highest BCUT2D eigenvalue weighted by molar-refractivity contribution is 5.78. The SMILES string of the molecule is Cc1noc(-c2cccnc2N2CCC[C@@H](NC(=O)C(C)C)C2)n1. The Morgan fingerprint density at radius 1 is 1.46 bits per heavy atom. The second-order valence-corrected chi connectivity index (χ2v) is 6.47. The van der Waals surface area contributed by atoms with Gasteiger partial charge in [0.25, 0.3) is 5.89 Å². The Labute approximate surface area is 141 Å². The zero-order valence-corrected chi connectivity index (χ0v) is 14.3. The van der Waals surface area contributed by atoms with Crippen molar-refractivity contribution in [3.63, 3.8) is 0 Å². The summed E-state index contributed by atoms with van der Waals surface area (Å²) in [5, 5.41) is 6.99. The van der Waals surface area contributed by atoms with Crippen LogP contribution >= 0.6 is 0 Å². The molecule has 3 rings (SSSR count). The molecule has 0 aromatic carbocycles. The highest BCUT2D eigenvalue weighted by Gasteiger charge is 2.26. The molecule has 1 aliphatic heterocycles. The first-order chi connectivity index (χ1) is 11.5. The molecule has 7 nitrogen and oxygen atoms in total. The monoisotopic (exact) mass is 329 g/mol. The fourth-order valence-electron chi connectivity index (χ4n) is 2.88. The van der Waals surface area contributed by atoms with Crippen molar-refractivity contribution in [2.75, 3.05) is 18.0 Å². The van der Waals surface area contributed by atoms with Crippen LogP contribution in [-0.4, -0.2) is 40.2 Å². The molecule has 128 valence electrons. The average molecular weight is 329 g/mol. The van der Waals surface area contributed by atoms with Crippen LogP contribution in [0.3, 0.4) is 0 Å². The van der Waals surface area contributed by atoms with Crippen LogP contribution in [0.5, 0.6) is 0 Å². The van der Waals surface area contributed by atoms with Crippen molar-refractivity contribution in [2.45, 2.75) is 39.7 Å². The lowest BCUT2D eigenvalue weighted by molar-refractivity contribution is -0.124. The normalized spacial score (nSPS) is 18.0. The summed E-state index contributed by atoms with van der Waals surface area (Å²) in [6.45, 7) is 7.23. The van der Waals surface area contributed by atoms with Crippen LogP contribution in [0, 0.1) is 12.8 Å². The first-order valence-electron chi connectivity index (χ1n) is 8.35. The lowest BCUT2D eigenvalue weighted by Gasteiger charge is -2.34. The summed E-state index contributed by atoms with van der Waals surface area (Å²) >= 11 is 0. The van der Waals surface area contributed by atoms with E-state index >= 15 is 0 Å². The van der Waals surface area contributed by atoms with Gasteiger partial charge in [0.2, 0.25) is 5.91 Å². The third-order valence-electron chi connectivity index (χ3n) is 4.14. The van der Waals surface area contributed by atoms with E-state index in [1.165, 1.54) is 0 Å². The molecule has 24 heavy (non-hydrogen) atoms. The summed E-state index contributed by atoms with van der Waals surface area (Å²) in [5.41, 5.74) is 0.828. The Morgan fingerprint density at radius 2 is 2.29 bits per heavy atom. The molecule has 1 N–H and O–H groups in total. The van der Waals surface area contributed by atoms with E-state index in [1.807, 2.05) is 26.0 Å². The molecule has 7 heteroatoms. The summed E-state index contributed by atoms with van der Waals surface area (Å²) in [7, 11) is 0. The van der Waals surface area contributed by atoms with E-state index in [2.05, 4.69) is 25.3 Å². The van der Waals surface area contributed by atoms with Gasteiger partial charge in [-0.15, -0.1) is 0 Å². The first-order valence-corrected chi connectivity index (χ1v) is 8.35. The van der Waals surface area contributed by atoms with Gasteiger partial charge in [-0.2, -0.15) is 4.98 Å². The number of anilines is 1. The van der Waals surface area contributed by atoms with Crippen LogP contribution in [0.2, 0.25) is 0 Å². The number of nitrogens with zero attached hydrogens (tertiary/aromatic N) is 4. The average Bonchev–Trinajstić information content (AvgIpc) is 3.01. The van der Waals surface area contributed by atoms with Gasteiger partial charge in [-0.05, 0) is 31.9 Å². The number of hydrogen-bond donors (Lipinski definition) is 1. The summed E-state index contributed by atoms with van der Waals surface area (Å²) < 4.78 is 5.31. The molecule has 1 aliphatic rings. The third kappa shape index (κ3) is 3.55. The second-order valence-electron chi connectivity index (χ2n) is 6.47. The van der Waals surface area contributed by atoms with Gasteiger partial charge in [0.1, 0.15) is 5.82 Å². The predicted octanol–water partition coefficient (Wildman–Crippen LogP) is 2.18. The van der Waals surface area contributed by atoms with Crippen molar-refractivity contribution in [3.8, 4) is 11.5 Å². The Kier molecular flexibility index (Phi) is 4.78. The number of nitrogens with one attached hydrogen (secondary N) is 1. The molecule has 0 aliphatic carbocycles. The molecule has 0 bridgehead atoms. The molecule has 1 saturated heterocycles. The second kappa shape index (κ2) is 6.98. The minimum atomic E-state index is -0.00726. The van der Waals surface area contributed by atoms with Crippen molar-refractivity contribution in [1.82, 2.24) is 20.4 Å². The van der Waals surface area contributed by atoms with Crippen LogP contribution < -0.4 is 10.2 Å². The van der Waals surface area contributed by atoms with Crippen molar-refractivity contribution < 1.29 is 9.32 Å². The molecule has 2 aromatic rings. The lowest BCUT2D eigenvalue weighted by atomic mass is 10.0. The molecule has 1 atom stereocenters. The number of carbonyl (C=O) groups excluding carboxylic acids is 1. The fourth-order valence-corrected chi connectivity index (χ4v) is 2.88. The summed E-state index contributed by atoms with van der Waals surface area (Å²) in [6, 6.07) is 3.93. The fraction of sp³-hybridized carbons (Fsp3) is 0.529. The quantitative estimate of drug-likeness (QED) is 0.925. The van der Waals surface area contributed by atoms with E-state index in [-0.39, 0.29) is 17.9 Å². The summed E-state index contributed by atoms with van der Waals surface area (Å²) in [5.74, 6) is 1.98. The number of piperidine rings is 1. The molecule has 0 unspecified atom stereocenters. The number of hydrogen-bond acceptors (Lipinski definition) is 6. The van der Waals surface area contributed by atoms with Gasteiger partial charge in [-0.3, -0.25) is 4.79 Å². The molecule has 1 amide bonds. The predicted molar refractivity (Wildman–Crippen MR) is 90.5 cm³/mol. The topological polar surface area (TPSA) is 84.2 Å². The number of carbonyl (C=O) groups is 1. The molecular formula is C17H23N5O2. The van der Waals surface area contributed by atoms with Gasteiger partial charge in [0.15, 0.2) is 5.82 Å². The summed E-state index contributed by atoms with van der Waals surface area (Å²) in [6.07, 6.45) is 3.75. The van der Waals surface area contributed by atoms with E-state index in [0.29, 0.717) is 11.7 Å². The van der Waals surface area contributed by atoms with Crippen LogP contribution in [0.15, 0.2) is 22.9 Å². The molecule has 3 heterocycles. The maximum Gasteiger partial charge on any atom is 0.261 e. The van der Waals surface area contributed by atoms with Crippen molar-refractivity contribution in [1.29, 1.82) is 0 Å². The van der Waals surface area contributed by atoms with E-state index in [0.717, 1.165) is 37.3 Å². The smallest absolute Gasteiger partial charge is 0.261 e. The van der Waals surface area contributed by atoms with E-state index in [9.17, 15) is 4.79 Å². The highest BCUT2D eigenvalue weighted by atomic mass is 16.5. The molecule has 0 spiro atoms. The van der Waals surface area contributed by atoms with Crippen molar-refractivity contribution in [3.05, 3.63) is 24.2 Å². The molecule has 1 fully saturated rings. The van der Waals surface area contributed by atoms with E-state index < -0.39 is 0 Å². The van der Waals surface area contributed by atoms with Crippen molar-refractivity contribution in [2.24, 2.45) is 5.92 Å². The molecule has 0 saturated carbocycles. The van der Waals surface area contributed by atoms with Gasteiger partial charge in [0.05, 0.1) is 5.56 Å². The van der Waals surface area contributed by atoms with Crippen LogP contribution in [0.25, 0.3) is 11.5 Å². The highest BCUT2D eigenvalue weighted by Crippen LogP contribution is 2.29. The number of aryl methyl sites for hydroxylation is 1. The van der Waals surface area contributed by atoms with Gasteiger partial charge < -0.3 is 14.7 Å². The number of pyridine rings is 1. The van der Waals surface area contributed by atoms with Crippen LogP contribution in [0.1, 0.15) is 32.5 Å². The Balaban J connectivity index is 1.80. The Hall–Kier alpha value is -2.44. The molecule has 2 aromatic heterocycles. The Morgan fingerprint density at radius 3 is 3.00 bits per heavy atom. The largest absolute Gasteiger partial charge is 0.354 e. The maximum absolute atomic E-state index is 12.0. The zero-order valence-electron chi connectivity index (χ0n) is 14.3. The zero-order chi connectivity index (χ0) is 17.1. The lowest BCUT2D eigenvalue weighted by Crippen LogP contribution is -2.49. The number of aromatic nitrogens is 3. The number of amides is 1. The van der Waals surface area contributed by atoms with E-state index in [4.69, 9.17) is 4.52 Å². The van der Waals surface area contributed by atoms with Crippen LogP contribution in [-0.2, 0) is 4.79 Å². The van der Waals surface area contributed by atoms with Gasteiger partial charge in [0, 0.05) is 31.2 Å². The minimum absolute atomic E-state index is 0.00726. The summed E-state index contributed by atoms with van der Waals surface area (Å²) in [4.78, 5) is 23.0. The van der Waals surface area contributed by atoms with Gasteiger partial charge in [-0.1, -0.05) is 19.0 Å². The first kappa shape index (κ1) is 16.4. The van der Waals surface area contributed by atoms with Crippen LogP contribution in [0.4, 0.5) is 5.82 Å². The maximum atomic E-state index is 12.0. The van der Waals surface area contributed by atoms with Crippen molar-refractivity contribution >= 4 is 11.7 Å². The molecule has 0 radical (unpaired) electrons. The Bertz CT molecular complexity index is 713. The standard InChI is InChI=1S/C17H23N5O2/c1-11(2)16(23)20-13-6-5-9-22(10-13)15-14(7-4-8-18-15)17-19-12(3)21-24-17/h4,7-8,11,13H,5-6,9-10H2,1-3H3,(H,20,23)/t13-/m1/s1.